The lowest BCUT2D eigenvalue weighted by Gasteiger charge is -2.19. The Morgan fingerprint density at radius 2 is 0.536 bits per heavy atom. The first-order valence-corrected chi connectivity index (χ1v) is 38.3. The Morgan fingerprint density at radius 3 is 0.814 bits per heavy atom. The number of esters is 2. The molecule has 0 saturated carbocycles. The van der Waals surface area contributed by atoms with Crippen LogP contribution in [0.1, 0.15) is 232 Å². The average molecular weight is 1350 g/mol. The van der Waals surface area contributed by atoms with E-state index in [1.165, 1.54) is 0 Å². The normalized spacial score (nSPS) is 14.5. The summed E-state index contributed by atoms with van der Waals surface area (Å²) >= 11 is 0. The largest absolute Gasteiger partial charge is 0.472 e. The fourth-order valence-corrected chi connectivity index (χ4v) is 9.53. The van der Waals surface area contributed by atoms with E-state index in [0.717, 1.165) is 193 Å². The van der Waals surface area contributed by atoms with Crippen molar-refractivity contribution < 1.29 is 37.6 Å². The molecule has 2 atom stereocenters. The van der Waals surface area contributed by atoms with Gasteiger partial charge < -0.3 is 20.1 Å². The van der Waals surface area contributed by atoms with Crippen LogP contribution >= 0.6 is 7.82 Å². The quantitative estimate of drug-likeness (QED) is 0.0264. The SMILES string of the molecule is CC/C=C\C/C=C\C/C=C\C/C=C\C/C=C\C/C=C\C/C=C\C/C=C\C/C=C\C/C=C\C/C=C\C/C=C\CCCCC(=O)OC(COC(=O)CCCCCCCC/C=C\C/C=C\C/C=C\C/C=C\C/C=C\C/C=C\C/C=C\C/C=C\C/C=C\C/C=C\CC)COP(=O)(O)OCCN. The standard InChI is InChI=1S/C87H130NO8P/c1-3-5-7-9-11-13-15-17-19-21-23-25-27-29-31-33-35-37-39-41-42-44-46-48-50-52-54-56-58-60-62-64-66-68-70-72-74-76-78-80-87(90)96-85(84-95-97(91,92)94-82-81-88)83-93-86(89)79-77-75-73-71-69-67-65-63-61-59-57-55-53-51-49-47-45-43-40-38-36-34-32-30-28-26-24-22-20-18-16-14-12-10-8-6-4-2/h5-8,11-14,17-20,23-26,29-32,35-38,41-43,45-46,48-49,51-52,54-55,57-58,60-61,63-64,66,70,72,85H,3-4,9-10,15-16,21-22,27-28,33-34,39-40,44,47,50,53,56,59,62,65,67-69,71,73-84,88H2,1-2H3,(H,91,92)/b7-5-,8-6-,13-11-,14-12-,19-17-,20-18-,25-23-,26-24-,31-29-,32-30-,37-35-,38-36-,42-41-,45-43-,48-46-,51-49-,54-52-,57-55-,60-58-,63-61-,66-64-,72-70-. The van der Waals surface area contributed by atoms with Crippen LogP contribution in [-0.2, 0) is 32.7 Å². The van der Waals surface area contributed by atoms with Gasteiger partial charge in [-0.25, -0.2) is 4.57 Å². The molecule has 0 aromatic carbocycles. The fraction of sp³-hybridized carbons (Fsp3) is 0.471. The molecule has 0 saturated heterocycles. The molecule has 0 spiro atoms. The van der Waals surface area contributed by atoms with Crippen LogP contribution in [0.15, 0.2) is 267 Å². The monoisotopic (exact) mass is 1350 g/mol. The van der Waals surface area contributed by atoms with E-state index in [1.54, 1.807) is 0 Å². The second kappa shape index (κ2) is 78.3. The average Bonchev–Trinajstić information content (AvgIpc) is 2.88. The predicted molar refractivity (Wildman–Crippen MR) is 421 cm³/mol. The predicted octanol–water partition coefficient (Wildman–Crippen LogP) is 25.1. The smallest absolute Gasteiger partial charge is 0.462 e. The van der Waals surface area contributed by atoms with Gasteiger partial charge in [-0.05, 0) is 180 Å². The Balaban J connectivity index is 4.12. The Bertz CT molecular complexity index is 2600. The van der Waals surface area contributed by atoms with Crippen LogP contribution in [0.3, 0.4) is 0 Å². The highest BCUT2D eigenvalue weighted by atomic mass is 31.2. The number of phosphoric ester groups is 1. The molecule has 0 rings (SSSR count). The number of ether oxygens (including phenoxy) is 2. The van der Waals surface area contributed by atoms with E-state index in [1.807, 2.05) is 0 Å². The molecule has 0 heterocycles. The van der Waals surface area contributed by atoms with E-state index in [-0.39, 0.29) is 32.6 Å². The fourth-order valence-electron chi connectivity index (χ4n) is 8.76. The Morgan fingerprint density at radius 1 is 0.309 bits per heavy atom. The van der Waals surface area contributed by atoms with Gasteiger partial charge in [0.25, 0.3) is 0 Å². The second-order valence-corrected chi connectivity index (χ2v) is 24.4. The molecule has 0 fully saturated rings. The maximum Gasteiger partial charge on any atom is 0.472 e. The number of carbonyl (C=O) groups is 2. The first kappa shape index (κ1) is 90.3. The van der Waals surface area contributed by atoms with Crippen molar-refractivity contribution in [1.29, 1.82) is 0 Å². The summed E-state index contributed by atoms with van der Waals surface area (Å²) in [7, 11) is -4.43. The van der Waals surface area contributed by atoms with Gasteiger partial charge in [0, 0.05) is 19.4 Å². The molecule has 0 bridgehead atoms. The van der Waals surface area contributed by atoms with Gasteiger partial charge in [-0.1, -0.05) is 307 Å². The zero-order valence-corrected chi connectivity index (χ0v) is 61.1. The van der Waals surface area contributed by atoms with Gasteiger partial charge in [-0.3, -0.25) is 18.6 Å². The first-order valence-electron chi connectivity index (χ1n) is 36.8. The molecule has 0 aromatic rings. The third-order valence-electron chi connectivity index (χ3n) is 14.1. The second-order valence-electron chi connectivity index (χ2n) is 23.0. The van der Waals surface area contributed by atoms with E-state index >= 15 is 0 Å². The van der Waals surface area contributed by atoms with E-state index in [4.69, 9.17) is 24.3 Å². The van der Waals surface area contributed by atoms with Crippen LogP contribution in [0.5, 0.6) is 0 Å². The number of allylic oxidation sites excluding steroid dienone is 44. The molecule has 0 amide bonds. The maximum atomic E-state index is 12.8. The van der Waals surface area contributed by atoms with Crippen LogP contribution in [0.4, 0.5) is 0 Å². The van der Waals surface area contributed by atoms with Gasteiger partial charge >= 0.3 is 19.8 Å². The molecular weight excluding hydrogens is 1220 g/mol. The van der Waals surface area contributed by atoms with Crippen molar-refractivity contribution in [3.63, 3.8) is 0 Å². The lowest BCUT2D eigenvalue weighted by Crippen LogP contribution is -2.29. The van der Waals surface area contributed by atoms with Crippen molar-refractivity contribution in [2.24, 2.45) is 5.73 Å². The number of phosphoric acid groups is 1. The van der Waals surface area contributed by atoms with Gasteiger partial charge in [0.15, 0.2) is 6.10 Å². The van der Waals surface area contributed by atoms with Crippen molar-refractivity contribution in [2.45, 2.75) is 238 Å². The van der Waals surface area contributed by atoms with Gasteiger partial charge in [-0.15, -0.1) is 0 Å². The van der Waals surface area contributed by atoms with Crippen molar-refractivity contribution in [2.75, 3.05) is 26.4 Å². The van der Waals surface area contributed by atoms with E-state index < -0.39 is 32.5 Å². The lowest BCUT2D eigenvalue weighted by molar-refractivity contribution is -0.161. The summed E-state index contributed by atoms with van der Waals surface area (Å²) in [5.74, 6) is -0.920. The van der Waals surface area contributed by atoms with Gasteiger partial charge in [0.05, 0.1) is 13.2 Å². The summed E-state index contributed by atoms with van der Waals surface area (Å²) in [6, 6.07) is 0. The Hall–Kier alpha value is -6.71. The van der Waals surface area contributed by atoms with E-state index in [2.05, 4.69) is 281 Å². The molecular formula is C87H130NO8P. The zero-order chi connectivity index (χ0) is 70.0. The van der Waals surface area contributed by atoms with E-state index in [0.29, 0.717) is 12.8 Å². The van der Waals surface area contributed by atoms with Crippen molar-refractivity contribution >= 4 is 19.8 Å². The summed E-state index contributed by atoms with van der Waals surface area (Å²) in [5, 5.41) is 0. The summed E-state index contributed by atoms with van der Waals surface area (Å²) < 4.78 is 33.1. The molecule has 0 aliphatic heterocycles. The molecule has 0 aliphatic carbocycles. The summed E-state index contributed by atoms with van der Waals surface area (Å²) in [5.41, 5.74) is 5.40. The minimum absolute atomic E-state index is 0.0287. The van der Waals surface area contributed by atoms with Crippen LogP contribution < -0.4 is 5.73 Å². The maximum absolute atomic E-state index is 12.8. The Labute approximate surface area is 591 Å². The molecule has 0 radical (unpaired) electrons. The molecule has 0 aliphatic rings. The Kier molecular flexibility index (Phi) is 72.9. The molecule has 9 nitrogen and oxygen atoms in total. The topological polar surface area (TPSA) is 134 Å². The number of carbonyl (C=O) groups excluding carboxylic acids is 2. The number of unbranched alkanes of at least 4 members (excludes halogenated alkanes) is 8. The minimum Gasteiger partial charge on any atom is -0.462 e. The van der Waals surface area contributed by atoms with Gasteiger partial charge in [0.2, 0.25) is 0 Å². The van der Waals surface area contributed by atoms with Crippen LogP contribution in [0.25, 0.3) is 0 Å². The summed E-state index contributed by atoms with van der Waals surface area (Å²) in [4.78, 5) is 35.4. The molecule has 2 unspecified atom stereocenters. The number of hydrogen-bond acceptors (Lipinski definition) is 8. The molecule has 3 N–H and O–H groups in total. The van der Waals surface area contributed by atoms with Crippen LogP contribution in [0, 0.1) is 0 Å². The van der Waals surface area contributed by atoms with Crippen molar-refractivity contribution in [3.05, 3.63) is 267 Å². The highest BCUT2D eigenvalue weighted by Gasteiger charge is 2.26. The third kappa shape index (κ3) is 78.2. The minimum atomic E-state index is -4.43. The van der Waals surface area contributed by atoms with Crippen LogP contribution in [-0.4, -0.2) is 49.3 Å². The van der Waals surface area contributed by atoms with Crippen LogP contribution in [0.2, 0.25) is 0 Å². The van der Waals surface area contributed by atoms with Crippen molar-refractivity contribution in [1.82, 2.24) is 0 Å². The first-order chi connectivity index (χ1) is 47.8. The zero-order valence-electron chi connectivity index (χ0n) is 60.2. The third-order valence-corrected chi connectivity index (χ3v) is 15.1. The molecule has 97 heavy (non-hydrogen) atoms. The van der Waals surface area contributed by atoms with Gasteiger partial charge in [-0.2, -0.15) is 0 Å². The molecule has 0 aromatic heterocycles. The van der Waals surface area contributed by atoms with Crippen molar-refractivity contribution in [3.8, 4) is 0 Å². The van der Waals surface area contributed by atoms with E-state index in [9.17, 15) is 19.0 Å². The van der Waals surface area contributed by atoms with Gasteiger partial charge in [0.1, 0.15) is 6.61 Å². The highest BCUT2D eigenvalue weighted by Crippen LogP contribution is 2.43. The lowest BCUT2D eigenvalue weighted by atomic mass is 10.1. The summed E-state index contributed by atoms with van der Waals surface area (Å²) in [6.07, 6.45) is 128. The number of nitrogens with two attached hydrogens (primary N) is 1. The summed E-state index contributed by atoms with van der Waals surface area (Å²) in [6.45, 7) is 3.41. The number of rotatable bonds is 65. The molecule has 10 heteroatoms. The number of hydrogen-bond donors (Lipinski definition) is 2. The molecule has 536 valence electrons. The highest BCUT2D eigenvalue weighted by molar-refractivity contribution is 7.47.